The minimum atomic E-state index is -0.251. The number of aryl methyl sites for hydroxylation is 1. The smallest absolute Gasteiger partial charge is 0.262 e. The fourth-order valence-corrected chi connectivity index (χ4v) is 2.24. The predicted molar refractivity (Wildman–Crippen MR) is 75.8 cm³/mol. The lowest BCUT2D eigenvalue weighted by Gasteiger charge is -2.09. The Morgan fingerprint density at radius 2 is 2.05 bits per heavy atom. The molecule has 0 amide bonds. The number of hydrogen-bond donors (Lipinski definition) is 0. The molecule has 0 fully saturated rings. The van der Waals surface area contributed by atoms with Gasteiger partial charge in [0.1, 0.15) is 0 Å². The van der Waals surface area contributed by atoms with Gasteiger partial charge < -0.3 is 0 Å². The lowest BCUT2D eigenvalue weighted by atomic mass is 10.1. The number of para-hydroxylation sites is 1. The number of benzene rings is 1. The molecule has 0 aliphatic heterocycles. The second kappa shape index (κ2) is 4.32. The second-order valence-corrected chi connectivity index (χ2v) is 4.40. The minimum absolute atomic E-state index is 0.0326. The van der Waals surface area contributed by atoms with Crippen molar-refractivity contribution in [2.45, 2.75) is 6.92 Å². The van der Waals surface area contributed by atoms with E-state index >= 15 is 0 Å². The van der Waals surface area contributed by atoms with Gasteiger partial charge in [0.2, 0.25) is 0 Å². The quantitative estimate of drug-likeness (QED) is 0.293. The van der Waals surface area contributed by atoms with Crippen molar-refractivity contribution in [3.8, 4) is 0 Å². The van der Waals surface area contributed by atoms with Crippen LogP contribution in [0, 0.1) is 6.92 Å². The van der Waals surface area contributed by atoms with Crippen LogP contribution in [0.1, 0.15) is 5.69 Å². The van der Waals surface area contributed by atoms with Gasteiger partial charge in [0.25, 0.3) is 5.56 Å². The molecule has 0 aliphatic rings. The van der Waals surface area contributed by atoms with Crippen LogP contribution in [-0.2, 0) is 7.05 Å². The number of azide groups is 1. The number of fused-ring (bicyclic) bond motifs is 3. The van der Waals surface area contributed by atoms with Crippen LogP contribution < -0.4 is 5.56 Å². The van der Waals surface area contributed by atoms with Crippen molar-refractivity contribution in [1.29, 1.82) is 0 Å². The molecule has 0 N–H and O–H groups in total. The molecule has 3 aromatic rings. The third kappa shape index (κ3) is 1.61. The van der Waals surface area contributed by atoms with Crippen LogP contribution in [0.4, 0.5) is 5.95 Å². The number of aromatic nitrogens is 3. The third-order valence-corrected chi connectivity index (χ3v) is 3.21. The Morgan fingerprint density at radius 3 is 2.80 bits per heavy atom. The molecule has 7 nitrogen and oxygen atoms in total. The average Bonchev–Trinajstić information content (AvgIpc) is 2.44. The number of rotatable bonds is 1. The van der Waals surface area contributed by atoms with Crippen molar-refractivity contribution in [2.24, 2.45) is 12.2 Å². The maximum atomic E-state index is 12.5. The maximum Gasteiger partial charge on any atom is 0.262 e. The minimum Gasteiger partial charge on any atom is -0.294 e. The molecule has 0 atom stereocenters. The van der Waals surface area contributed by atoms with E-state index < -0.39 is 0 Å². The standard InChI is InChI=1S/C13H10N6O/c1-7-11-10(8-5-3-4-6-9(8)15-7)12(20)19(2)13(16-11)17-18-14/h3-6H,1-2H3. The largest absolute Gasteiger partial charge is 0.294 e. The van der Waals surface area contributed by atoms with E-state index in [0.717, 1.165) is 10.9 Å². The summed E-state index contributed by atoms with van der Waals surface area (Å²) < 4.78 is 1.24. The predicted octanol–water partition coefficient (Wildman–Crippen LogP) is 2.73. The zero-order valence-corrected chi connectivity index (χ0v) is 10.9. The molecular formula is C13H10N6O. The van der Waals surface area contributed by atoms with Crippen molar-refractivity contribution in [3.63, 3.8) is 0 Å². The van der Waals surface area contributed by atoms with E-state index in [2.05, 4.69) is 20.0 Å². The molecule has 1 aromatic carbocycles. The lowest BCUT2D eigenvalue weighted by molar-refractivity contribution is 0.841. The van der Waals surface area contributed by atoms with Crippen LogP contribution in [0.5, 0.6) is 0 Å². The topological polar surface area (TPSA) is 96.5 Å². The summed E-state index contributed by atoms with van der Waals surface area (Å²) in [6, 6.07) is 7.40. The zero-order chi connectivity index (χ0) is 14.3. The van der Waals surface area contributed by atoms with E-state index in [1.807, 2.05) is 24.3 Å². The number of hydrogen-bond acceptors (Lipinski definition) is 4. The monoisotopic (exact) mass is 266 g/mol. The number of nitrogens with zero attached hydrogens (tertiary/aromatic N) is 6. The van der Waals surface area contributed by atoms with Gasteiger partial charge in [-0.3, -0.25) is 14.3 Å². The van der Waals surface area contributed by atoms with Gasteiger partial charge in [-0.1, -0.05) is 18.2 Å². The molecule has 3 rings (SSSR count). The maximum absolute atomic E-state index is 12.5. The first-order chi connectivity index (χ1) is 9.63. The van der Waals surface area contributed by atoms with Crippen LogP contribution in [0.25, 0.3) is 32.2 Å². The summed E-state index contributed by atoms with van der Waals surface area (Å²) in [6.45, 7) is 1.78. The molecule has 0 saturated heterocycles. The molecular weight excluding hydrogens is 256 g/mol. The van der Waals surface area contributed by atoms with Gasteiger partial charge >= 0.3 is 0 Å². The average molecular weight is 266 g/mol. The molecule has 7 heteroatoms. The molecule has 98 valence electrons. The first-order valence-corrected chi connectivity index (χ1v) is 5.94. The Kier molecular flexibility index (Phi) is 2.62. The molecule has 0 bridgehead atoms. The number of pyridine rings is 1. The summed E-state index contributed by atoms with van der Waals surface area (Å²) in [5, 5.41) is 4.68. The van der Waals surface area contributed by atoms with Crippen LogP contribution >= 0.6 is 0 Å². The molecule has 2 aromatic heterocycles. The van der Waals surface area contributed by atoms with Crippen molar-refractivity contribution in [2.75, 3.05) is 0 Å². The fraction of sp³-hybridized carbons (Fsp3) is 0.154. The first kappa shape index (κ1) is 12.1. The highest BCUT2D eigenvalue weighted by atomic mass is 16.1. The summed E-state index contributed by atoms with van der Waals surface area (Å²) in [6.07, 6.45) is 0. The van der Waals surface area contributed by atoms with Crippen LogP contribution in [0.2, 0.25) is 0 Å². The lowest BCUT2D eigenvalue weighted by Crippen LogP contribution is -2.19. The highest BCUT2D eigenvalue weighted by molar-refractivity contribution is 6.04. The molecule has 2 heterocycles. The molecule has 0 unspecified atom stereocenters. The summed E-state index contributed by atoms with van der Waals surface area (Å²) in [5.41, 5.74) is 10.1. The van der Waals surface area contributed by atoms with E-state index in [1.54, 1.807) is 6.92 Å². The molecule has 0 spiro atoms. The van der Waals surface area contributed by atoms with Gasteiger partial charge in [0.05, 0.1) is 22.1 Å². The summed E-state index contributed by atoms with van der Waals surface area (Å²) in [5.74, 6) is 0.0326. The van der Waals surface area contributed by atoms with Crippen molar-refractivity contribution >= 4 is 27.8 Å². The van der Waals surface area contributed by atoms with E-state index in [-0.39, 0.29) is 11.5 Å². The van der Waals surface area contributed by atoms with Gasteiger partial charge in [0.15, 0.2) is 5.95 Å². The highest BCUT2D eigenvalue weighted by Crippen LogP contribution is 2.23. The van der Waals surface area contributed by atoms with Crippen molar-refractivity contribution < 1.29 is 0 Å². The van der Waals surface area contributed by atoms with Crippen LogP contribution in [0.3, 0.4) is 0 Å². The Labute approximate surface area is 113 Å². The summed E-state index contributed by atoms with van der Waals surface area (Å²) in [4.78, 5) is 23.9. The summed E-state index contributed by atoms with van der Waals surface area (Å²) >= 11 is 0. The Bertz CT molecular complexity index is 952. The third-order valence-electron chi connectivity index (χ3n) is 3.21. The first-order valence-electron chi connectivity index (χ1n) is 5.94. The van der Waals surface area contributed by atoms with Gasteiger partial charge in [-0.2, -0.15) is 0 Å². The normalized spacial score (nSPS) is 10.7. The molecule has 0 saturated carbocycles. The van der Waals surface area contributed by atoms with E-state index in [4.69, 9.17) is 5.53 Å². The molecule has 20 heavy (non-hydrogen) atoms. The van der Waals surface area contributed by atoms with Gasteiger partial charge in [-0.25, -0.2) is 4.98 Å². The van der Waals surface area contributed by atoms with Crippen LogP contribution in [-0.4, -0.2) is 14.5 Å². The van der Waals surface area contributed by atoms with Crippen molar-refractivity contribution in [3.05, 3.63) is 50.8 Å². The molecule has 0 radical (unpaired) electrons. The Hall–Kier alpha value is -2.92. The Morgan fingerprint density at radius 1 is 1.30 bits per heavy atom. The van der Waals surface area contributed by atoms with E-state index in [0.29, 0.717) is 16.6 Å². The van der Waals surface area contributed by atoms with Crippen LogP contribution in [0.15, 0.2) is 34.2 Å². The SMILES string of the molecule is Cc1nc2ccccc2c2c(=O)n(C)c(N=[N+]=[N-])nc12. The summed E-state index contributed by atoms with van der Waals surface area (Å²) in [7, 11) is 1.53. The van der Waals surface area contributed by atoms with Crippen molar-refractivity contribution in [1.82, 2.24) is 14.5 Å². The second-order valence-electron chi connectivity index (χ2n) is 4.40. The molecule has 0 aliphatic carbocycles. The van der Waals surface area contributed by atoms with Gasteiger partial charge in [0, 0.05) is 17.3 Å². The zero-order valence-electron chi connectivity index (χ0n) is 10.9. The fourth-order valence-electron chi connectivity index (χ4n) is 2.24. The highest BCUT2D eigenvalue weighted by Gasteiger charge is 2.13. The van der Waals surface area contributed by atoms with E-state index in [9.17, 15) is 4.79 Å². The van der Waals surface area contributed by atoms with E-state index in [1.165, 1.54) is 11.6 Å². The van der Waals surface area contributed by atoms with Gasteiger partial charge in [-0.15, -0.1) is 0 Å². The van der Waals surface area contributed by atoms with Gasteiger partial charge in [-0.05, 0) is 23.6 Å². The Balaban J connectivity index is 2.64.